The molecule has 0 saturated heterocycles. The second-order valence-electron chi connectivity index (χ2n) is 3.66. The second kappa shape index (κ2) is 5.42. The summed E-state index contributed by atoms with van der Waals surface area (Å²) in [6.45, 7) is 0. The monoisotopic (exact) mass is 278 g/mol. The molecule has 1 aromatic heterocycles. The first-order valence-electron chi connectivity index (χ1n) is 5.22. The first kappa shape index (κ1) is 12.9. The topological polar surface area (TPSA) is 56.0 Å². The van der Waals surface area contributed by atoms with Crippen molar-refractivity contribution in [2.45, 2.75) is 4.90 Å². The van der Waals surface area contributed by atoms with E-state index >= 15 is 0 Å². The molecule has 1 amide bonds. The number of benzene rings is 1. The molecule has 0 saturated carbocycles. The zero-order valence-electron chi connectivity index (χ0n) is 9.68. The van der Waals surface area contributed by atoms with Crippen LogP contribution in [0.3, 0.4) is 0 Å². The molecule has 1 heterocycles. The highest BCUT2D eigenvalue weighted by molar-refractivity contribution is 7.98. The van der Waals surface area contributed by atoms with Crippen molar-refractivity contribution in [1.29, 1.82) is 0 Å². The molecule has 0 spiro atoms. The van der Waals surface area contributed by atoms with E-state index in [4.69, 9.17) is 17.3 Å². The van der Waals surface area contributed by atoms with Crippen LogP contribution in [0.5, 0.6) is 0 Å². The van der Waals surface area contributed by atoms with E-state index < -0.39 is 5.91 Å². The molecule has 0 radical (unpaired) electrons. The van der Waals surface area contributed by atoms with Crippen LogP contribution < -0.4 is 5.73 Å². The maximum Gasteiger partial charge on any atom is 0.241 e. The number of amides is 1. The van der Waals surface area contributed by atoms with Crippen molar-refractivity contribution in [3.05, 3.63) is 41.1 Å². The lowest BCUT2D eigenvalue weighted by Gasteiger charge is -2.03. The van der Waals surface area contributed by atoms with Gasteiger partial charge in [-0.2, -0.15) is 0 Å². The Morgan fingerprint density at radius 1 is 1.44 bits per heavy atom. The van der Waals surface area contributed by atoms with Gasteiger partial charge in [-0.3, -0.25) is 4.79 Å². The van der Waals surface area contributed by atoms with Crippen LogP contribution in [-0.2, 0) is 4.79 Å². The van der Waals surface area contributed by atoms with Crippen LogP contribution in [0.2, 0.25) is 5.15 Å². The van der Waals surface area contributed by atoms with Crippen molar-refractivity contribution in [3.63, 3.8) is 0 Å². The number of nitrogens with two attached hydrogens (primary N) is 1. The molecule has 0 aliphatic heterocycles. The molecule has 92 valence electrons. The molecular weight excluding hydrogens is 268 g/mol. The number of primary amides is 1. The number of hydrogen-bond acceptors (Lipinski definition) is 3. The zero-order valence-corrected chi connectivity index (χ0v) is 11.3. The summed E-state index contributed by atoms with van der Waals surface area (Å²) in [6.07, 6.45) is 4.84. The summed E-state index contributed by atoms with van der Waals surface area (Å²) in [5, 5.41) is 1.33. The van der Waals surface area contributed by atoms with Crippen LogP contribution in [0.25, 0.3) is 17.0 Å². The number of rotatable bonds is 3. The third-order valence-electron chi connectivity index (χ3n) is 2.43. The number of hydrogen-bond donors (Lipinski definition) is 1. The van der Waals surface area contributed by atoms with Crippen LogP contribution in [0, 0.1) is 0 Å². The molecule has 0 aliphatic carbocycles. The number of aromatic nitrogens is 1. The minimum Gasteiger partial charge on any atom is -0.366 e. The van der Waals surface area contributed by atoms with Crippen molar-refractivity contribution in [2.24, 2.45) is 5.73 Å². The van der Waals surface area contributed by atoms with Crippen molar-refractivity contribution < 1.29 is 4.79 Å². The Bertz CT molecular complexity index is 640. The van der Waals surface area contributed by atoms with Gasteiger partial charge in [0.05, 0.1) is 5.52 Å². The number of pyridine rings is 1. The van der Waals surface area contributed by atoms with E-state index in [1.54, 1.807) is 17.8 Å². The summed E-state index contributed by atoms with van der Waals surface area (Å²) >= 11 is 7.71. The molecule has 2 aromatic rings. The first-order valence-corrected chi connectivity index (χ1v) is 6.82. The molecule has 0 aliphatic rings. The summed E-state index contributed by atoms with van der Waals surface area (Å²) in [5.41, 5.74) is 6.57. The van der Waals surface area contributed by atoms with Gasteiger partial charge in [-0.15, -0.1) is 11.8 Å². The highest BCUT2D eigenvalue weighted by Crippen LogP contribution is 2.25. The molecule has 0 bridgehead atoms. The Balaban J connectivity index is 2.52. The zero-order chi connectivity index (χ0) is 13.1. The molecular formula is C13H11ClN2OS. The fraction of sp³-hybridized carbons (Fsp3) is 0.0769. The van der Waals surface area contributed by atoms with Crippen LogP contribution in [0.1, 0.15) is 5.56 Å². The van der Waals surface area contributed by atoms with Crippen molar-refractivity contribution >= 4 is 46.2 Å². The Hall–Kier alpha value is -1.52. The number of nitrogens with zero attached hydrogens (tertiary/aromatic N) is 1. The van der Waals surface area contributed by atoms with E-state index in [1.165, 1.54) is 6.08 Å². The van der Waals surface area contributed by atoms with Crippen LogP contribution >= 0.6 is 23.4 Å². The average molecular weight is 279 g/mol. The van der Waals surface area contributed by atoms with Gasteiger partial charge in [0.25, 0.3) is 0 Å². The number of carbonyl (C=O) groups is 1. The highest BCUT2D eigenvalue weighted by atomic mass is 35.5. The number of fused-ring (bicyclic) bond motifs is 1. The van der Waals surface area contributed by atoms with Crippen LogP contribution in [0.4, 0.5) is 0 Å². The van der Waals surface area contributed by atoms with E-state index in [-0.39, 0.29) is 0 Å². The fourth-order valence-electron chi connectivity index (χ4n) is 1.56. The Morgan fingerprint density at radius 2 is 2.22 bits per heavy atom. The summed E-state index contributed by atoms with van der Waals surface area (Å²) in [5.74, 6) is -0.510. The average Bonchev–Trinajstić information content (AvgIpc) is 2.35. The Labute approximate surface area is 114 Å². The predicted molar refractivity (Wildman–Crippen MR) is 76.8 cm³/mol. The predicted octanol–water partition coefficient (Wildman–Crippen LogP) is 3.11. The normalized spacial score (nSPS) is 11.2. The molecule has 0 fully saturated rings. The largest absolute Gasteiger partial charge is 0.366 e. The van der Waals surface area contributed by atoms with Crippen molar-refractivity contribution in [1.82, 2.24) is 4.98 Å². The molecule has 0 atom stereocenters. The molecule has 5 heteroatoms. The first-order chi connectivity index (χ1) is 8.60. The maximum atomic E-state index is 10.7. The summed E-state index contributed by atoms with van der Waals surface area (Å²) in [4.78, 5) is 16.1. The SMILES string of the molecule is CSc1ccc2cc(/C=C/C(N)=O)c(Cl)nc2c1. The van der Waals surface area contributed by atoms with Gasteiger partial charge >= 0.3 is 0 Å². The molecule has 18 heavy (non-hydrogen) atoms. The van der Waals surface area contributed by atoms with Crippen LogP contribution in [0.15, 0.2) is 35.2 Å². The van der Waals surface area contributed by atoms with Crippen LogP contribution in [-0.4, -0.2) is 17.1 Å². The van der Waals surface area contributed by atoms with Crippen molar-refractivity contribution in [2.75, 3.05) is 6.26 Å². The summed E-state index contributed by atoms with van der Waals surface area (Å²) in [7, 11) is 0. The molecule has 1 aromatic carbocycles. The van der Waals surface area contributed by atoms with E-state index in [1.807, 2.05) is 30.5 Å². The van der Waals surface area contributed by atoms with Gasteiger partial charge in [-0.1, -0.05) is 17.7 Å². The summed E-state index contributed by atoms with van der Waals surface area (Å²) in [6, 6.07) is 7.86. The molecule has 2 rings (SSSR count). The molecule has 3 nitrogen and oxygen atoms in total. The van der Waals surface area contributed by atoms with Gasteiger partial charge in [-0.05, 0) is 30.5 Å². The van der Waals surface area contributed by atoms with Gasteiger partial charge in [0.15, 0.2) is 0 Å². The Kier molecular flexibility index (Phi) is 3.89. The van der Waals surface area contributed by atoms with Gasteiger partial charge in [0.2, 0.25) is 5.91 Å². The lowest BCUT2D eigenvalue weighted by Crippen LogP contribution is -2.05. The lowest BCUT2D eigenvalue weighted by molar-refractivity contribution is -0.113. The Morgan fingerprint density at radius 3 is 2.89 bits per heavy atom. The second-order valence-corrected chi connectivity index (χ2v) is 4.90. The summed E-state index contributed by atoms with van der Waals surface area (Å²) < 4.78 is 0. The third kappa shape index (κ3) is 2.83. The van der Waals surface area contributed by atoms with Gasteiger partial charge < -0.3 is 5.73 Å². The molecule has 0 unspecified atom stereocenters. The van der Waals surface area contributed by atoms with Gasteiger partial charge in [0.1, 0.15) is 5.15 Å². The van der Waals surface area contributed by atoms with E-state index in [2.05, 4.69) is 4.98 Å². The van der Waals surface area contributed by atoms with Gasteiger partial charge in [0, 0.05) is 21.9 Å². The van der Waals surface area contributed by atoms with E-state index in [0.29, 0.717) is 10.7 Å². The number of carbonyl (C=O) groups excluding carboxylic acids is 1. The van der Waals surface area contributed by atoms with Crippen molar-refractivity contribution in [3.8, 4) is 0 Å². The van der Waals surface area contributed by atoms with E-state index in [0.717, 1.165) is 15.8 Å². The maximum absolute atomic E-state index is 10.7. The highest BCUT2D eigenvalue weighted by Gasteiger charge is 2.03. The quantitative estimate of drug-likeness (QED) is 0.533. The smallest absolute Gasteiger partial charge is 0.241 e. The minimum atomic E-state index is -0.510. The van der Waals surface area contributed by atoms with Gasteiger partial charge in [-0.25, -0.2) is 4.98 Å². The molecule has 2 N–H and O–H groups in total. The number of thioether (sulfide) groups is 1. The number of halogens is 1. The fourth-order valence-corrected chi connectivity index (χ4v) is 2.20. The third-order valence-corrected chi connectivity index (χ3v) is 3.46. The standard InChI is InChI=1S/C13H11ClN2OS/c1-18-10-4-2-8-6-9(3-5-12(15)17)13(14)16-11(8)7-10/h2-7H,1H3,(H2,15,17)/b5-3+. The minimum absolute atomic E-state index is 0.359. The van der Waals surface area contributed by atoms with E-state index in [9.17, 15) is 4.79 Å². The lowest BCUT2D eigenvalue weighted by atomic mass is 10.1.